The molecule has 0 saturated carbocycles. The summed E-state index contributed by atoms with van der Waals surface area (Å²) in [6.07, 6.45) is 4.63. The van der Waals surface area contributed by atoms with Crippen LogP contribution in [-0.2, 0) is 5.54 Å². The van der Waals surface area contributed by atoms with Crippen LogP contribution in [0.1, 0.15) is 25.8 Å². The van der Waals surface area contributed by atoms with Gasteiger partial charge in [0.1, 0.15) is 5.82 Å². The number of rotatable bonds is 8. The second-order valence-corrected chi connectivity index (χ2v) is 5.24. The molecule has 1 aromatic rings. The Hall–Kier alpha value is -1.45. The van der Waals surface area contributed by atoms with Crippen LogP contribution in [0.15, 0.2) is 49.6 Å². The summed E-state index contributed by atoms with van der Waals surface area (Å²) in [5.41, 5.74) is 6.94. The van der Waals surface area contributed by atoms with Crippen LogP contribution in [-0.4, -0.2) is 24.0 Å². The van der Waals surface area contributed by atoms with Crippen molar-refractivity contribution in [1.82, 2.24) is 4.90 Å². The van der Waals surface area contributed by atoms with Gasteiger partial charge in [-0.25, -0.2) is 4.39 Å². The molecule has 1 rings (SSSR count). The lowest BCUT2D eigenvalue weighted by molar-refractivity contribution is 0.150. The molecule has 0 heterocycles. The van der Waals surface area contributed by atoms with Crippen LogP contribution in [0.5, 0.6) is 0 Å². The minimum absolute atomic E-state index is 0.129. The Morgan fingerprint density at radius 1 is 1.25 bits per heavy atom. The minimum Gasteiger partial charge on any atom is -0.320 e. The summed E-state index contributed by atoms with van der Waals surface area (Å²) in [4.78, 5) is 2.24. The van der Waals surface area contributed by atoms with Crippen molar-refractivity contribution in [3.8, 4) is 0 Å². The van der Waals surface area contributed by atoms with E-state index in [1.54, 1.807) is 12.1 Å². The number of nitrogens with two attached hydrogens (primary N) is 1. The lowest BCUT2D eigenvalue weighted by atomic mass is 9.83. The molecule has 110 valence electrons. The molecule has 0 amide bonds. The van der Waals surface area contributed by atoms with Crippen LogP contribution in [0.25, 0.3) is 0 Å². The fourth-order valence-electron chi connectivity index (χ4n) is 2.72. The van der Waals surface area contributed by atoms with Crippen LogP contribution in [0.2, 0.25) is 0 Å². The molecule has 2 unspecified atom stereocenters. The molecule has 2 atom stereocenters. The summed E-state index contributed by atoms with van der Waals surface area (Å²) in [5, 5.41) is 0. The molecule has 0 aliphatic heterocycles. The van der Waals surface area contributed by atoms with E-state index in [-0.39, 0.29) is 11.9 Å². The molecule has 0 aromatic heterocycles. The predicted molar refractivity (Wildman–Crippen MR) is 84.0 cm³/mol. The highest BCUT2D eigenvalue weighted by atomic mass is 19.1. The molecule has 0 bridgehead atoms. The van der Waals surface area contributed by atoms with Gasteiger partial charge in [0.15, 0.2) is 0 Å². The Morgan fingerprint density at radius 2 is 1.75 bits per heavy atom. The molecule has 3 heteroatoms. The highest BCUT2D eigenvalue weighted by Crippen LogP contribution is 2.28. The van der Waals surface area contributed by atoms with Crippen LogP contribution in [0.3, 0.4) is 0 Å². The summed E-state index contributed by atoms with van der Waals surface area (Å²) in [6.45, 7) is 13.2. The number of nitrogens with zero attached hydrogens (tertiary/aromatic N) is 1. The van der Waals surface area contributed by atoms with Crippen molar-refractivity contribution in [1.29, 1.82) is 0 Å². The molecule has 1 aromatic carbocycles. The maximum Gasteiger partial charge on any atom is 0.123 e. The highest BCUT2D eigenvalue weighted by Gasteiger charge is 2.34. The monoisotopic (exact) mass is 276 g/mol. The smallest absolute Gasteiger partial charge is 0.123 e. The first-order valence-electron chi connectivity index (χ1n) is 6.98. The van der Waals surface area contributed by atoms with Crippen molar-refractivity contribution in [2.45, 2.75) is 31.8 Å². The van der Waals surface area contributed by atoms with Gasteiger partial charge in [0.05, 0.1) is 5.54 Å². The predicted octanol–water partition coefficient (Wildman–Crippen LogP) is 3.45. The van der Waals surface area contributed by atoms with Crippen molar-refractivity contribution in [2.75, 3.05) is 13.1 Å². The number of benzene rings is 1. The van der Waals surface area contributed by atoms with Gasteiger partial charge in [-0.05, 0) is 31.0 Å². The van der Waals surface area contributed by atoms with Crippen LogP contribution < -0.4 is 5.73 Å². The quantitative estimate of drug-likeness (QED) is 0.737. The molecule has 0 spiro atoms. The van der Waals surface area contributed by atoms with E-state index in [9.17, 15) is 4.39 Å². The fraction of sp³-hybridized carbons (Fsp3) is 0.412. The van der Waals surface area contributed by atoms with E-state index in [1.807, 2.05) is 19.1 Å². The highest BCUT2D eigenvalue weighted by molar-refractivity contribution is 5.26. The second kappa shape index (κ2) is 7.36. The molecule has 0 fully saturated rings. The van der Waals surface area contributed by atoms with Gasteiger partial charge >= 0.3 is 0 Å². The maximum atomic E-state index is 13.1. The van der Waals surface area contributed by atoms with Gasteiger partial charge in [-0.1, -0.05) is 31.2 Å². The number of hydrogen-bond acceptors (Lipinski definition) is 2. The zero-order chi connectivity index (χ0) is 15.2. The normalized spacial score (nSPS) is 15.7. The van der Waals surface area contributed by atoms with Crippen molar-refractivity contribution in [3.63, 3.8) is 0 Å². The SMILES string of the molecule is C=CCN(CC=C)C(CC)C(C)(N)c1ccc(F)cc1. The van der Waals surface area contributed by atoms with E-state index < -0.39 is 5.54 Å². The number of halogens is 1. The largest absolute Gasteiger partial charge is 0.320 e. The van der Waals surface area contributed by atoms with Crippen LogP contribution in [0, 0.1) is 5.82 Å². The van der Waals surface area contributed by atoms with E-state index in [0.717, 1.165) is 25.1 Å². The first kappa shape index (κ1) is 16.6. The van der Waals surface area contributed by atoms with Gasteiger partial charge in [0.25, 0.3) is 0 Å². The summed E-state index contributed by atoms with van der Waals surface area (Å²) >= 11 is 0. The third-order valence-corrected chi connectivity index (χ3v) is 3.71. The van der Waals surface area contributed by atoms with Crippen LogP contribution in [0.4, 0.5) is 4.39 Å². The lowest BCUT2D eigenvalue weighted by Crippen LogP contribution is -2.54. The molecular weight excluding hydrogens is 251 g/mol. The Balaban J connectivity index is 3.08. The van der Waals surface area contributed by atoms with Crippen molar-refractivity contribution in [3.05, 3.63) is 61.0 Å². The standard InChI is InChI=1S/C17H25FN2/c1-5-12-20(13-6-2)16(7-3)17(4,19)14-8-10-15(18)11-9-14/h5-6,8-11,16H,1-2,7,12-13,19H2,3-4H3. The van der Waals surface area contributed by atoms with E-state index in [0.29, 0.717) is 0 Å². The third-order valence-electron chi connectivity index (χ3n) is 3.71. The summed E-state index contributed by atoms with van der Waals surface area (Å²) in [7, 11) is 0. The molecular formula is C17H25FN2. The van der Waals surface area contributed by atoms with E-state index in [1.165, 1.54) is 12.1 Å². The average Bonchev–Trinajstić information content (AvgIpc) is 2.40. The topological polar surface area (TPSA) is 29.3 Å². The molecule has 2 N–H and O–H groups in total. The Kier molecular flexibility index (Phi) is 6.11. The Bertz CT molecular complexity index is 427. The first-order valence-corrected chi connectivity index (χ1v) is 6.98. The minimum atomic E-state index is -0.561. The first-order chi connectivity index (χ1) is 9.47. The van der Waals surface area contributed by atoms with E-state index >= 15 is 0 Å². The molecule has 0 saturated heterocycles. The molecule has 20 heavy (non-hydrogen) atoms. The van der Waals surface area contributed by atoms with Crippen molar-refractivity contribution < 1.29 is 4.39 Å². The molecule has 2 nitrogen and oxygen atoms in total. The third kappa shape index (κ3) is 3.78. The van der Waals surface area contributed by atoms with Gasteiger partial charge in [-0.2, -0.15) is 0 Å². The Labute approximate surface area is 121 Å². The zero-order valence-corrected chi connectivity index (χ0v) is 12.5. The molecule has 0 aliphatic carbocycles. The maximum absolute atomic E-state index is 13.1. The summed E-state index contributed by atoms with van der Waals surface area (Å²) in [6, 6.07) is 6.57. The van der Waals surface area contributed by atoms with Gasteiger partial charge in [-0.15, -0.1) is 13.2 Å². The van der Waals surface area contributed by atoms with Gasteiger partial charge in [0, 0.05) is 19.1 Å². The average molecular weight is 276 g/mol. The second-order valence-electron chi connectivity index (χ2n) is 5.24. The van der Waals surface area contributed by atoms with Gasteiger partial charge in [0.2, 0.25) is 0 Å². The van der Waals surface area contributed by atoms with Gasteiger partial charge in [-0.3, -0.25) is 4.90 Å². The van der Waals surface area contributed by atoms with E-state index in [2.05, 4.69) is 25.0 Å². The van der Waals surface area contributed by atoms with Gasteiger partial charge < -0.3 is 5.73 Å². The van der Waals surface area contributed by atoms with E-state index in [4.69, 9.17) is 5.73 Å². The lowest BCUT2D eigenvalue weighted by Gasteiger charge is -2.41. The fourth-order valence-corrected chi connectivity index (χ4v) is 2.72. The van der Waals surface area contributed by atoms with Crippen molar-refractivity contribution in [2.24, 2.45) is 5.73 Å². The molecule has 0 aliphatic rings. The summed E-state index contributed by atoms with van der Waals surface area (Å²) in [5.74, 6) is -0.244. The van der Waals surface area contributed by atoms with Crippen LogP contribution >= 0.6 is 0 Å². The summed E-state index contributed by atoms with van der Waals surface area (Å²) < 4.78 is 13.1. The Morgan fingerprint density at radius 3 is 2.15 bits per heavy atom. The number of hydrogen-bond donors (Lipinski definition) is 1. The molecule has 0 radical (unpaired) electrons. The zero-order valence-electron chi connectivity index (χ0n) is 12.5. The van der Waals surface area contributed by atoms with Crippen molar-refractivity contribution >= 4 is 0 Å².